The van der Waals surface area contributed by atoms with Gasteiger partial charge in [-0.3, -0.25) is 9.59 Å². The molecule has 8 nitrogen and oxygen atoms in total. The van der Waals surface area contributed by atoms with E-state index in [2.05, 4.69) is 20.8 Å². The van der Waals surface area contributed by atoms with Crippen LogP contribution in [-0.4, -0.2) is 27.1 Å². The van der Waals surface area contributed by atoms with Crippen molar-refractivity contribution in [3.05, 3.63) is 36.0 Å². The van der Waals surface area contributed by atoms with Crippen LogP contribution in [0.2, 0.25) is 0 Å². The molecule has 8 heteroatoms. The Balaban J connectivity index is 1.88. The molecule has 1 fully saturated rings. The number of anilines is 3. The van der Waals surface area contributed by atoms with Crippen molar-refractivity contribution in [3.63, 3.8) is 0 Å². The number of hydrogen-bond donors (Lipinski definition) is 4. The highest BCUT2D eigenvalue weighted by atomic mass is 16.3. The second-order valence-corrected chi connectivity index (χ2v) is 5.29. The molecule has 0 bridgehead atoms. The van der Waals surface area contributed by atoms with Crippen LogP contribution >= 0.6 is 0 Å². The molecule has 5 N–H and O–H groups in total. The van der Waals surface area contributed by atoms with Crippen molar-refractivity contribution < 1.29 is 14.7 Å². The standard InChI is InChI=1S/C15H15N5O3/c16-14(22)13-11(17-9-2-1-3-10(21)6-9)7-12(19-20-13)18-15(23)8-4-5-8/h1-3,6-8,21H,4-5H2,(H2,16,22)(H2,17,18,19,23). The summed E-state index contributed by atoms with van der Waals surface area (Å²) >= 11 is 0. The van der Waals surface area contributed by atoms with Gasteiger partial charge in [0.05, 0.1) is 5.69 Å². The summed E-state index contributed by atoms with van der Waals surface area (Å²) < 4.78 is 0. The minimum absolute atomic E-state index is 0.0232. The molecule has 2 amide bonds. The Morgan fingerprint density at radius 1 is 1.22 bits per heavy atom. The van der Waals surface area contributed by atoms with Gasteiger partial charge in [0.2, 0.25) is 5.91 Å². The van der Waals surface area contributed by atoms with E-state index < -0.39 is 5.91 Å². The third-order valence-corrected chi connectivity index (χ3v) is 3.35. The predicted octanol–water partition coefficient (Wildman–Crippen LogP) is 1.37. The number of carbonyl (C=O) groups is 2. The van der Waals surface area contributed by atoms with Crippen molar-refractivity contribution in [3.8, 4) is 5.75 Å². The van der Waals surface area contributed by atoms with E-state index in [-0.39, 0.29) is 29.1 Å². The SMILES string of the molecule is NC(=O)c1nnc(NC(=O)C2CC2)cc1Nc1cccc(O)c1. The highest BCUT2D eigenvalue weighted by Crippen LogP contribution is 2.30. The number of nitrogens with one attached hydrogen (secondary N) is 2. The third kappa shape index (κ3) is 3.54. The number of nitrogens with zero attached hydrogens (tertiary/aromatic N) is 2. The van der Waals surface area contributed by atoms with Gasteiger partial charge in [0, 0.05) is 23.7 Å². The number of rotatable bonds is 5. The van der Waals surface area contributed by atoms with Crippen LogP contribution in [0.3, 0.4) is 0 Å². The molecule has 1 aliphatic rings. The average molecular weight is 313 g/mol. The topological polar surface area (TPSA) is 130 Å². The summed E-state index contributed by atoms with van der Waals surface area (Å²) in [6.45, 7) is 0. The molecule has 1 saturated carbocycles. The van der Waals surface area contributed by atoms with E-state index in [4.69, 9.17) is 5.73 Å². The fraction of sp³-hybridized carbons (Fsp3) is 0.200. The van der Waals surface area contributed by atoms with Crippen molar-refractivity contribution in [2.24, 2.45) is 11.7 Å². The van der Waals surface area contributed by atoms with Crippen molar-refractivity contribution >= 4 is 29.0 Å². The maximum atomic E-state index is 11.8. The molecule has 0 saturated heterocycles. The monoisotopic (exact) mass is 313 g/mol. The molecular weight excluding hydrogens is 298 g/mol. The number of amides is 2. The van der Waals surface area contributed by atoms with Crippen LogP contribution in [0.4, 0.5) is 17.2 Å². The number of primary amides is 1. The van der Waals surface area contributed by atoms with E-state index >= 15 is 0 Å². The van der Waals surface area contributed by atoms with Crippen molar-refractivity contribution in [2.45, 2.75) is 12.8 Å². The Bertz CT molecular complexity index is 773. The Kier molecular flexibility index (Phi) is 3.80. The number of aromatic nitrogens is 2. The van der Waals surface area contributed by atoms with Gasteiger partial charge in [-0.15, -0.1) is 10.2 Å². The quantitative estimate of drug-likeness (QED) is 0.659. The second-order valence-electron chi connectivity index (χ2n) is 5.29. The van der Waals surface area contributed by atoms with Gasteiger partial charge in [-0.05, 0) is 25.0 Å². The summed E-state index contributed by atoms with van der Waals surface area (Å²) in [6, 6.07) is 7.83. The second kappa shape index (κ2) is 5.91. The van der Waals surface area contributed by atoms with Gasteiger partial charge in [-0.2, -0.15) is 0 Å². The summed E-state index contributed by atoms with van der Waals surface area (Å²) in [6.07, 6.45) is 1.74. The van der Waals surface area contributed by atoms with Gasteiger partial charge in [0.15, 0.2) is 11.5 Å². The van der Waals surface area contributed by atoms with Crippen molar-refractivity contribution in [1.29, 1.82) is 0 Å². The van der Waals surface area contributed by atoms with Crippen molar-refractivity contribution in [1.82, 2.24) is 10.2 Å². The fourth-order valence-electron chi connectivity index (χ4n) is 2.04. The van der Waals surface area contributed by atoms with E-state index in [0.29, 0.717) is 11.4 Å². The number of benzene rings is 1. The van der Waals surface area contributed by atoms with Crippen LogP contribution in [0.25, 0.3) is 0 Å². The molecule has 0 aliphatic heterocycles. The number of phenols is 1. The Labute approximate surface area is 131 Å². The normalized spacial score (nSPS) is 13.4. The minimum atomic E-state index is -0.750. The first-order valence-electron chi connectivity index (χ1n) is 7.07. The van der Waals surface area contributed by atoms with Crippen LogP contribution in [0, 0.1) is 5.92 Å². The molecule has 1 aliphatic carbocycles. The average Bonchev–Trinajstić information content (AvgIpc) is 3.31. The summed E-state index contributed by atoms with van der Waals surface area (Å²) in [5.74, 6) is -0.542. The van der Waals surface area contributed by atoms with Gasteiger partial charge >= 0.3 is 0 Å². The van der Waals surface area contributed by atoms with Crippen LogP contribution in [-0.2, 0) is 4.79 Å². The lowest BCUT2D eigenvalue weighted by Crippen LogP contribution is -2.19. The minimum Gasteiger partial charge on any atom is -0.508 e. The van der Waals surface area contributed by atoms with E-state index in [1.54, 1.807) is 12.1 Å². The first kappa shape index (κ1) is 14.8. The fourth-order valence-corrected chi connectivity index (χ4v) is 2.04. The van der Waals surface area contributed by atoms with E-state index in [0.717, 1.165) is 12.8 Å². The third-order valence-electron chi connectivity index (χ3n) is 3.35. The molecule has 3 rings (SSSR count). The molecule has 2 aromatic rings. The Morgan fingerprint density at radius 3 is 2.65 bits per heavy atom. The molecule has 0 atom stereocenters. The number of carbonyl (C=O) groups excluding carboxylic acids is 2. The van der Waals surface area contributed by atoms with E-state index in [1.165, 1.54) is 18.2 Å². The molecule has 1 aromatic heterocycles. The number of hydrogen-bond acceptors (Lipinski definition) is 6. The Hall–Kier alpha value is -3.16. The Morgan fingerprint density at radius 2 is 2.00 bits per heavy atom. The molecule has 23 heavy (non-hydrogen) atoms. The number of nitrogens with two attached hydrogens (primary N) is 1. The largest absolute Gasteiger partial charge is 0.508 e. The van der Waals surface area contributed by atoms with Gasteiger partial charge in [0.25, 0.3) is 5.91 Å². The lowest BCUT2D eigenvalue weighted by Gasteiger charge is -2.11. The lowest BCUT2D eigenvalue weighted by molar-refractivity contribution is -0.117. The number of aromatic hydroxyl groups is 1. The zero-order valence-corrected chi connectivity index (χ0v) is 12.1. The molecule has 0 unspecified atom stereocenters. The highest BCUT2D eigenvalue weighted by molar-refractivity contribution is 5.98. The van der Waals surface area contributed by atoms with Gasteiger partial charge in [-0.25, -0.2) is 0 Å². The lowest BCUT2D eigenvalue weighted by atomic mass is 10.2. The van der Waals surface area contributed by atoms with Crippen LogP contribution in [0.1, 0.15) is 23.3 Å². The maximum absolute atomic E-state index is 11.8. The predicted molar refractivity (Wildman–Crippen MR) is 83.3 cm³/mol. The first-order chi connectivity index (χ1) is 11.0. The zero-order chi connectivity index (χ0) is 16.4. The molecule has 1 aromatic carbocycles. The van der Waals surface area contributed by atoms with Crippen LogP contribution in [0.15, 0.2) is 30.3 Å². The summed E-state index contributed by atoms with van der Waals surface area (Å²) in [5, 5.41) is 22.6. The molecule has 118 valence electrons. The summed E-state index contributed by atoms with van der Waals surface area (Å²) in [7, 11) is 0. The van der Waals surface area contributed by atoms with Gasteiger partial charge < -0.3 is 21.5 Å². The molecule has 0 radical (unpaired) electrons. The number of phenolic OH excluding ortho intramolecular Hbond substituents is 1. The summed E-state index contributed by atoms with van der Waals surface area (Å²) in [5.41, 5.74) is 6.07. The highest BCUT2D eigenvalue weighted by Gasteiger charge is 2.30. The van der Waals surface area contributed by atoms with Crippen LogP contribution in [0.5, 0.6) is 5.75 Å². The molecule has 1 heterocycles. The van der Waals surface area contributed by atoms with E-state index in [1.807, 2.05) is 0 Å². The maximum Gasteiger partial charge on any atom is 0.271 e. The van der Waals surface area contributed by atoms with Crippen molar-refractivity contribution in [2.75, 3.05) is 10.6 Å². The van der Waals surface area contributed by atoms with E-state index in [9.17, 15) is 14.7 Å². The molecular formula is C15H15N5O3. The summed E-state index contributed by atoms with van der Waals surface area (Å²) in [4.78, 5) is 23.3. The first-order valence-corrected chi connectivity index (χ1v) is 7.07. The van der Waals surface area contributed by atoms with Crippen LogP contribution < -0.4 is 16.4 Å². The molecule has 0 spiro atoms. The van der Waals surface area contributed by atoms with Gasteiger partial charge in [-0.1, -0.05) is 6.07 Å². The smallest absolute Gasteiger partial charge is 0.271 e. The van der Waals surface area contributed by atoms with Gasteiger partial charge in [0.1, 0.15) is 5.75 Å². The zero-order valence-electron chi connectivity index (χ0n) is 12.1.